The summed E-state index contributed by atoms with van der Waals surface area (Å²) in [5.74, 6) is -0.269. The van der Waals surface area contributed by atoms with Crippen molar-refractivity contribution in [1.29, 1.82) is 0 Å². The van der Waals surface area contributed by atoms with Crippen molar-refractivity contribution in [2.24, 2.45) is 0 Å². The van der Waals surface area contributed by atoms with Crippen molar-refractivity contribution < 1.29 is 4.79 Å². The summed E-state index contributed by atoms with van der Waals surface area (Å²) in [5.41, 5.74) is 4.53. The number of aromatic nitrogens is 5. The largest absolute Gasteiger partial charge is 0.321 e. The van der Waals surface area contributed by atoms with Crippen molar-refractivity contribution >= 4 is 17.2 Å². The molecule has 0 aliphatic carbocycles. The van der Waals surface area contributed by atoms with Crippen LogP contribution in [0.4, 0.5) is 5.69 Å². The van der Waals surface area contributed by atoms with Crippen LogP contribution in [0.2, 0.25) is 0 Å². The second-order valence-corrected chi connectivity index (χ2v) is 5.81. The molecule has 0 aliphatic heterocycles. The lowest BCUT2D eigenvalue weighted by Gasteiger charge is -2.08. The topological polar surface area (TPSA) is 77.1 Å². The molecule has 1 aromatic carbocycles. The number of nitrogens with zero attached hydrogens (tertiary/aromatic N) is 5. The van der Waals surface area contributed by atoms with Crippen molar-refractivity contribution in [3.05, 3.63) is 72.2 Å². The second kappa shape index (κ2) is 5.86. The first-order valence-corrected chi connectivity index (χ1v) is 7.84. The summed E-state index contributed by atoms with van der Waals surface area (Å²) in [4.78, 5) is 20.8. The number of anilines is 1. The molecule has 0 fully saturated rings. The van der Waals surface area contributed by atoms with E-state index in [4.69, 9.17) is 0 Å². The van der Waals surface area contributed by atoms with Crippen molar-refractivity contribution in [2.75, 3.05) is 5.32 Å². The molecule has 3 aromatic heterocycles. The van der Waals surface area contributed by atoms with Crippen LogP contribution in [0.3, 0.4) is 0 Å². The fraction of sp³-hybridized carbons (Fsp3) is 0.111. The van der Waals surface area contributed by atoms with E-state index in [1.807, 2.05) is 48.9 Å². The molecule has 7 nitrogen and oxygen atoms in total. The van der Waals surface area contributed by atoms with Crippen LogP contribution in [0.15, 0.2) is 55.1 Å². The monoisotopic (exact) mass is 332 g/mol. The van der Waals surface area contributed by atoms with Crippen molar-refractivity contribution in [3.8, 4) is 5.69 Å². The van der Waals surface area contributed by atoms with Gasteiger partial charge in [0.25, 0.3) is 5.91 Å². The predicted molar refractivity (Wildman–Crippen MR) is 94.0 cm³/mol. The molecular weight excluding hydrogens is 316 g/mol. The Bertz CT molecular complexity index is 1050. The van der Waals surface area contributed by atoms with Crippen LogP contribution in [0.25, 0.3) is 11.3 Å². The quantitative estimate of drug-likeness (QED) is 0.626. The molecule has 1 N–H and O–H groups in total. The first-order chi connectivity index (χ1) is 12.1. The number of amides is 1. The zero-order valence-electron chi connectivity index (χ0n) is 13.8. The van der Waals surface area contributed by atoms with Gasteiger partial charge in [-0.3, -0.25) is 9.78 Å². The number of carbonyl (C=O) groups excluding carboxylic acids is 1. The second-order valence-electron chi connectivity index (χ2n) is 5.81. The van der Waals surface area contributed by atoms with E-state index >= 15 is 0 Å². The molecule has 0 radical (unpaired) electrons. The van der Waals surface area contributed by atoms with Gasteiger partial charge in [-0.25, -0.2) is 9.67 Å². The summed E-state index contributed by atoms with van der Waals surface area (Å²) < 4.78 is 3.61. The van der Waals surface area contributed by atoms with E-state index in [9.17, 15) is 4.79 Å². The van der Waals surface area contributed by atoms with Gasteiger partial charge in [-0.1, -0.05) is 6.07 Å². The highest BCUT2D eigenvalue weighted by atomic mass is 16.1. The highest BCUT2D eigenvalue weighted by molar-refractivity contribution is 6.03. The van der Waals surface area contributed by atoms with Gasteiger partial charge in [0, 0.05) is 30.0 Å². The number of fused-ring (bicyclic) bond motifs is 1. The Morgan fingerprint density at radius 1 is 1.20 bits per heavy atom. The Morgan fingerprint density at radius 3 is 2.84 bits per heavy atom. The molecule has 0 saturated carbocycles. The average Bonchev–Trinajstić information content (AvgIpc) is 3.18. The number of imidazole rings is 1. The van der Waals surface area contributed by atoms with Crippen LogP contribution >= 0.6 is 0 Å². The SMILES string of the molecule is Cc1cc(C)n(-c2cccc(NC(=O)c3cn4ccncc4n3)c2)n1. The maximum Gasteiger partial charge on any atom is 0.275 e. The Labute approximate surface area is 144 Å². The van der Waals surface area contributed by atoms with Crippen LogP contribution in [0, 0.1) is 13.8 Å². The standard InChI is InChI=1S/C18H16N6O/c1-12-8-13(2)24(22-12)15-5-3-4-14(9-15)20-18(25)16-11-23-7-6-19-10-17(23)21-16/h3-11H,1-2H3,(H,20,25). The Morgan fingerprint density at radius 2 is 2.08 bits per heavy atom. The summed E-state index contributed by atoms with van der Waals surface area (Å²) in [6.07, 6.45) is 6.69. The fourth-order valence-corrected chi connectivity index (χ4v) is 2.75. The molecule has 1 amide bonds. The van der Waals surface area contributed by atoms with Crippen LogP contribution in [-0.4, -0.2) is 30.1 Å². The smallest absolute Gasteiger partial charge is 0.275 e. The number of aryl methyl sites for hydroxylation is 2. The maximum absolute atomic E-state index is 12.5. The van der Waals surface area contributed by atoms with Gasteiger partial charge in [0.05, 0.1) is 17.6 Å². The van der Waals surface area contributed by atoms with Crippen molar-refractivity contribution in [2.45, 2.75) is 13.8 Å². The van der Waals surface area contributed by atoms with Gasteiger partial charge in [-0.2, -0.15) is 5.10 Å². The molecule has 124 valence electrons. The molecule has 4 rings (SSSR count). The number of hydrogen-bond donors (Lipinski definition) is 1. The van der Waals surface area contributed by atoms with E-state index < -0.39 is 0 Å². The molecule has 7 heteroatoms. The number of rotatable bonds is 3. The molecule has 0 bridgehead atoms. The number of benzene rings is 1. The van der Waals surface area contributed by atoms with Crippen molar-refractivity contribution in [3.63, 3.8) is 0 Å². The fourth-order valence-electron chi connectivity index (χ4n) is 2.75. The summed E-state index contributed by atoms with van der Waals surface area (Å²) in [6, 6.07) is 9.57. The van der Waals surface area contributed by atoms with Crippen LogP contribution in [-0.2, 0) is 0 Å². The zero-order chi connectivity index (χ0) is 17.4. The van der Waals surface area contributed by atoms with E-state index in [-0.39, 0.29) is 5.91 Å². The van der Waals surface area contributed by atoms with Crippen LogP contribution in [0.1, 0.15) is 21.9 Å². The molecule has 4 aromatic rings. The summed E-state index contributed by atoms with van der Waals surface area (Å²) in [5, 5.41) is 7.35. The third-order valence-corrected chi connectivity index (χ3v) is 3.86. The molecule has 25 heavy (non-hydrogen) atoms. The van der Waals surface area contributed by atoms with Gasteiger partial charge >= 0.3 is 0 Å². The van der Waals surface area contributed by atoms with E-state index in [1.165, 1.54) is 0 Å². The Hall–Kier alpha value is -3.48. The normalized spacial score (nSPS) is 11.0. The minimum atomic E-state index is -0.269. The first kappa shape index (κ1) is 15.1. The van der Waals surface area contributed by atoms with Gasteiger partial charge in [-0.05, 0) is 38.1 Å². The highest BCUT2D eigenvalue weighted by Gasteiger charge is 2.12. The molecule has 0 atom stereocenters. The van der Waals surface area contributed by atoms with Crippen LogP contribution in [0.5, 0.6) is 0 Å². The zero-order valence-corrected chi connectivity index (χ0v) is 13.8. The lowest BCUT2D eigenvalue weighted by Crippen LogP contribution is -2.12. The molecule has 0 spiro atoms. The van der Waals surface area contributed by atoms with Gasteiger partial charge < -0.3 is 9.72 Å². The van der Waals surface area contributed by atoms with E-state index in [2.05, 4.69) is 20.4 Å². The molecular formula is C18H16N6O. The van der Waals surface area contributed by atoms with Crippen LogP contribution < -0.4 is 5.32 Å². The molecule has 0 aliphatic rings. The average molecular weight is 332 g/mol. The summed E-state index contributed by atoms with van der Waals surface area (Å²) in [7, 11) is 0. The Kier molecular flexibility index (Phi) is 3.53. The lowest BCUT2D eigenvalue weighted by atomic mass is 10.2. The molecule has 0 saturated heterocycles. The number of hydrogen-bond acceptors (Lipinski definition) is 4. The first-order valence-electron chi connectivity index (χ1n) is 7.84. The van der Waals surface area contributed by atoms with Gasteiger partial charge in [0.2, 0.25) is 0 Å². The Balaban J connectivity index is 1.61. The lowest BCUT2D eigenvalue weighted by molar-refractivity contribution is 0.102. The van der Waals surface area contributed by atoms with E-state index in [1.54, 1.807) is 29.2 Å². The minimum Gasteiger partial charge on any atom is -0.321 e. The third kappa shape index (κ3) is 2.87. The summed E-state index contributed by atoms with van der Waals surface area (Å²) >= 11 is 0. The third-order valence-electron chi connectivity index (χ3n) is 3.86. The minimum absolute atomic E-state index is 0.269. The van der Waals surface area contributed by atoms with Gasteiger partial charge in [0.15, 0.2) is 5.65 Å². The highest BCUT2D eigenvalue weighted by Crippen LogP contribution is 2.17. The predicted octanol–water partition coefficient (Wildman–Crippen LogP) is 2.78. The number of carbonyl (C=O) groups is 1. The molecule has 3 heterocycles. The van der Waals surface area contributed by atoms with E-state index in [0.717, 1.165) is 17.1 Å². The molecule has 0 unspecified atom stereocenters. The van der Waals surface area contributed by atoms with Crippen molar-refractivity contribution in [1.82, 2.24) is 24.1 Å². The van der Waals surface area contributed by atoms with Gasteiger partial charge in [-0.15, -0.1) is 0 Å². The summed E-state index contributed by atoms with van der Waals surface area (Å²) in [6.45, 7) is 3.95. The van der Waals surface area contributed by atoms with Gasteiger partial charge in [0.1, 0.15) is 5.69 Å². The van der Waals surface area contributed by atoms with E-state index in [0.29, 0.717) is 17.0 Å². The number of nitrogens with one attached hydrogen (secondary N) is 1. The maximum atomic E-state index is 12.5.